The van der Waals surface area contributed by atoms with E-state index in [1.807, 2.05) is 38.2 Å². The average Bonchev–Trinajstić information content (AvgIpc) is 2.81. The molecule has 1 aromatic rings. The number of nitrogens with one attached hydrogen (secondary N) is 1. The molecule has 1 aliphatic heterocycles. The van der Waals surface area contributed by atoms with Crippen LogP contribution in [0.2, 0.25) is 0 Å². The molecule has 1 saturated heterocycles. The first-order valence-electron chi connectivity index (χ1n) is 5.73. The standard InChI is InChI=1S/C13H18N2O.ClH/c1-10-3-5-12(6-4-10)15(2)13(16)11-7-8-14-9-11;/h3-6,11,14H,7-9H2,1-2H3;1H. The van der Waals surface area contributed by atoms with Crippen molar-refractivity contribution >= 4 is 24.0 Å². The van der Waals surface area contributed by atoms with E-state index >= 15 is 0 Å². The molecule has 0 radical (unpaired) electrons. The lowest BCUT2D eigenvalue weighted by Gasteiger charge is -2.20. The predicted molar refractivity (Wildman–Crippen MR) is 72.8 cm³/mol. The minimum atomic E-state index is 0. The summed E-state index contributed by atoms with van der Waals surface area (Å²) in [7, 11) is 1.85. The molecule has 2 rings (SSSR count). The third kappa shape index (κ3) is 3.20. The number of benzene rings is 1. The van der Waals surface area contributed by atoms with Crippen molar-refractivity contribution in [1.82, 2.24) is 5.32 Å². The van der Waals surface area contributed by atoms with Gasteiger partial charge in [0, 0.05) is 19.3 Å². The largest absolute Gasteiger partial charge is 0.316 e. The molecular formula is C13H19ClN2O. The highest BCUT2D eigenvalue weighted by Gasteiger charge is 2.25. The summed E-state index contributed by atoms with van der Waals surface area (Å²) in [4.78, 5) is 13.9. The van der Waals surface area contributed by atoms with Gasteiger partial charge >= 0.3 is 0 Å². The number of anilines is 1. The summed E-state index contributed by atoms with van der Waals surface area (Å²) in [6.07, 6.45) is 0.953. The SMILES string of the molecule is Cc1ccc(N(C)C(=O)C2CCNC2)cc1.Cl. The van der Waals surface area contributed by atoms with Crippen LogP contribution in [-0.2, 0) is 4.79 Å². The van der Waals surface area contributed by atoms with Gasteiger partial charge in [0.05, 0.1) is 5.92 Å². The Balaban J connectivity index is 0.00000144. The van der Waals surface area contributed by atoms with E-state index < -0.39 is 0 Å². The lowest BCUT2D eigenvalue weighted by Crippen LogP contribution is -2.33. The number of hydrogen-bond acceptors (Lipinski definition) is 2. The molecule has 1 amide bonds. The fourth-order valence-corrected chi connectivity index (χ4v) is 2.03. The molecule has 0 bridgehead atoms. The van der Waals surface area contributed by atoms with Crippen LogP contribution in [0.25, 0.3) is 0 Å². The van der Waals surface area contributed by atoms with Crippen LogP contribution in [0.4, 0.5) is 5.69 Å². The maximum Gasteiger partial charge on any atom is 0.231 e. The highest BCUT2D eigenvalue weighted by Crippen LogP contribution is 2.18. The molecule has 0 aromatic heterocycles. The summed E-state index contributed by atoms with van der Waals surface area (Å²) in [6, 6.07) is 8.06. The summed E-state index contributed by atoms with van der Waals surface area (Å²) in [5.74, 6) is 0.361. The zero-order valence-electron chi connectivity index (χ0n) is 10.3. The monoisotopic (exact) mass is 254 g/mol. The summed E-state index contributed by atoms with van der Waals surface area (Å²) >= 11 is 0. The maximum atomic E-state index is 12.1. The quantitative estimate of drug-likeness (QED) is 0.876. The molecule has 1 aliphatic rings. The summed E-state index contributed by atoms with van der Waals surface area (Å²) in [6.45, 7) is 3.82. The first kappa shape index (κ1) is 14.0. The van der Waals surface area contributed by atoms with Crippen LogP contribution in [-0.4, -0.2) is 26.0 Å². The normalized spacial score (nSPS) is 18.6. The second-order valence-electron chi connectivity index (χ2n) is 4.42. The molecule has 0 saturated carbocycles. The van der Waals surface area contributed by atoms with Gasteiger partial charge in [-0.2, -0.15) is 0 Å². The maximum absolute atomic E-state index is 12.1. The summed E-state index contributed by atoms with van der Waals surface area (Å²) in [5.41, 5.74) is 2.19. The number of carbonyl (C=O) groups excluding carboxylic acids is 1. The number of rotatable bonds is 2. The Labute approximate surface area is 109 Å². The topological polar surface area (TPSA) is 32.3 Å². The number of aryl methyl sites for hydroxylation is 1. The Morgan fingerprint density at radius 3 is 2.53 bits per heavy atom. The highest BCUT2D eigenvalue weighted by atomic mass is 35.5. The number of hydrogen-bond donors (Lipinski definition) is 1. The number of carbonyl (C=O) groups is 1. The highest BCUT2D eigenvalue weighted by molar-refractivity contribution is 5.94. The van der Waals surface area contributed by atoms with Gasteiger partial charge in [0.2, 0.25) is 5.91 Å². The molecule has 1 fully saturated rings. The Morgan fingerprint density at radius 2 is 2.00 bits per heavy atom. The molecule has 0 aliphatic carbocycles. The molecule has 17 heavy (non-hydrogen) atoms. The van der Waals surface area contributed by atoms with Crippen LogP contribution < -0.4 is 10.2 Å². The number of halogens is 1. The fraction of sp³-hybridized carbons (Fsp3) is 0.462. The Morgan fingerprint density at radius 1 is 1.35 bits per heavy atom. The second-order valence-corrected chi connectivity index (χ2v) is 4.42. The van der Waals surface area contributed by atoms with Crippen molar-refractivity contribution in [2.75, 3.05) is 25.0 Å². The lowest BCUT2D eigenvalue weighted by molar-refractivity contribution is -0.121. The van der Waals surface area contributed by atoms with Crippen molar-refractivity contribution in [3.8, 4) is 0 Å². The molecule has 1 heterocycles. The van der Waals surface area contributed by atoms with Gasteiger partial charge in [-0.05, 0) is 32.0 Å². The van der Waals surface area contributed by atoms with Gasteiger partial charge in [-0.25, -0.2) is 0 Å². The van der Waals surface area contributed by atoms with E-state index in [2.05, 4.69) is 5.32 Å². The number of nitrogens with zero attached hydrogens (tertiary/aromatic N) is 1. The molecule has 1 aromatic carbocycles. The Kier molecular flexibility index (Phi) is 4.97. The second kappa shape index (κ2) is 6.03. The van der Waals surface area contributed by atoms with E-state index in [1.165, 1.54) is 5.56 Å². The van der Waals surface area contributed by atoms with Crippen molar-refractivity contribution in [3.63, 3.8) is 0 Å². The first-order chi connectivity index (χ1) is 7.68. The molecule has 0 spiro atoms. The van der Waals surface area contributed by atoms with Gasteiger partial charge in [0.15, 0.2) is 0 Å². The Hall–Kier alpha value is -1.06. The van der Waals surface area contributed by atoms with Crippen molar-refractivity contribution in [2.24, 2.45) is 5.92 Å². The van der Waals surface area contributed by atoms with Crippen LogP contribution in [0.3, 0.4) is 0 Å². The van der Waals surface area contributed by atoms with Crippen molar-refractivity contribution in [3.05, 3.63) is 29.8 Å². The van der Waals surface area contributed by atoms with E-state index in [-0.39, 0.29) is 24.2 Å². The van der Waals surface area contributed by atoms with Crippen LogP contribution in [0.15, 0.2) is 24.3 Å². The summed E-state index contributed by atoms with van der Waals surface area (Å²) < 4.78 is 0. The molecule has 4 heteroatoms. The molecule has 3 nitrogen and oxygen atoms in total. The van der Waals surface area contributed by atoms with Gasteiger partial charge in [0.25, 0.3) is 0 Å². The van der Waals surface area contributed by atoms with Crippen molar-refractivity contribution < 1.29 is 4.79 Å². The molecule has 94 valence electrons. The summed E-state index contributed by atoms with van der Waals surface area (Å²) in [5, 5.41) is 3.22. The van der Waals surface area contributed by atoms with Gasteiger partial charge in [0.1, 0.15) is 0 Å². The third-order valence-corrected chi connectivity index (χ3v) is 3.16. The van der Waals surface area contributed by atoms with Gasteiger partial charge in [-0.3, -0.25) is 4.79 Å². The van der Waals surface area contributed by atoms with Crippen LogP contribution in [0.1, 0.15) is 12.0 Å². The minimum absolute atomic E-state index is 0. The van der Waals surface area contributed by atoms with E-state index in [0.717, 1.165) is 25.2 Å². The zero-order valence-corrected chi connectivity index (χ0v) is 11.1. The predicted octanol–water partition coefficient (Wildman–Crippen LogP) is 1.99. The van der Waals surface area contributed by atoms with Crippen LogP contribution >= 0.6 is 12.4 Å². The van der Waals surface area contributed by atoms with Gasteiger partial charge in [-0.15, -0.1) is 12.4 Å². The van der Waals surface area contributed by atoms with Crippen molar-refractivity contribution in [2.45, 2.75) is 13.3 Å². The van der Waals surface area contributed by atoms with E-state index in [0.29, 0.717) is 0 Å². The molecule has 1 N–H and O–H groups in total. The smallest absolute Gasteiger partial charge is 0.231 e. The molecular weight excluding hydrogens is 236 g/mol. The van der Waals surface area contributed by atoms with Crippen LogP contribution in [0, 0.1) is 12.8 Å². The van der Waals surface area contributed by atoms with Gasteiger partial charge < -0.3 is 10.2 Å². The minimum Gasteiger partial charge on any atom is -0.316 e. The fourth-order valence-electron chi connectivity index (χ4n) is 2.03. The first-order valence-corrected chi connectivity index (χ1v) is 5.73. The van der Waals surface area contributed by atoms with E-state index in [1.54, 1.807) is 4.90 Å². The Bertz CT molecular complexity index is 372. The molecule has 1 atom stereocenters. The van der Waals surface area contributed by atoms with E-state index in [4.69, 9.17) is 0 Å². The third-order valence-electron chi connectivity index (χ3n) is 3.16. The molecule has 1 unspecified atom stereocenters. The van der Waals surface area contributed by atoms with Crippen molar-refractivity contribution in [1.29, 1.82) is 0 Å². The van der Waals surface area contributed by atoms with E-state index in [9.17, 15) is 4.79 Å². The lowest BCUT2D eigenvalue weighted by atomic mass is 10.1. The van der Waals surface area contributed by atoms with Gasteiger partial charge in [-0.1, -0.05) is 17.7 Å². The van der Waals surface area contributed by atoms with Crippen LogP contribution in [0.5, 0.6) is 0 Å². The average molecular weight is 255 g/mol. The number of amides is 1. The zero-order chi connectivity index (χ0) is 11.5.